The largest absolute Gasteiger partial charge is 0.480 e. The fourth-order valence-corrected chi connectivity index (χ4v) is 4.60. The number of carboxylic acid groups (broad SMARTS) is 1. The van der Waals surface area contributed by atoms with Crippen LogP contribution in [0.3, 0.4) is 0 Å². The molecule has 0 bridgehead atoms. The number of fused-ring (bicyclic) bond motifs is 1. The van der Waals surface area contributed by atoms with Crippen LogP contribution in [0.1, 0.15) is 19.3 Å². The van der Waals surface area contributed by atoms with Crippen LogP contribution in [0.25, 0.3) is 0 Å². The van der Waals surface area contributed by atoms with Gasteiger partial charge in [-0.25, -0.2) is 0 Å². The number of nitrogens with one attached hydrogen (secondary N) is 1. The molecule has 0 radical (unpaired) electrons. The molecule has 4 N–H and O–H groups in total. The Bertz CT molecular complexity index is 354. The van der Waals surface area contributed by atoms with Gasteiger partial charge in [0.1, 0.15) is 0 Å². The minimum Gasteiger partial charge on any atom is -0.480 e. The molecule has 3 atom stereocenters. The van der Waals surface area contributed by atoms with Crippen LogP contribution in [0.15, 0.2) is 0 Å². The summed E-state index contributed by atoms with van der Waals surface area (Å²) < 4.78 is 11.6. The second kappa shape index (κ2) is 3.81. The number of hydrogen-bond donors (Lipinski definition) is 4. The third-order valence-corrected chi connectivity index (χ3v) is 5.76. The van der Waals surface area contributed by atoms with Crippen molar-refractivity contribution in [3.63, 3.8) is 0 Å². The van der Waals surface area contributed by atoms with Gasteiger partial charge in [-0.2, -0.15) is 0 Å². The fourth-order valence-electron chi connectivity index (χ4n) is 3.17. The van der Waals surface area contributed by atoms with Crippen molar-refractivity contribution >= 4 is 13.6 Å². The molecule has 0 aromatic heterocycles. The molecule has 0 aromatic rings. The molecule has 0 amide bonds. The maximum Gasteiger partial charge on any atom is 0.343 e. The van der Waals surface area contributed by atoms with Crippen LogP contribution >= 0.6 is 7.60 Å². The van der Waals surface area contributed by atoms with Crippen molar-refractivity contribution in [2.45, 2.75) is 24.4 Å². The number of hydrogen-bond acceptors (Lipinski definition) is 3. The van der Waals surface area contributed by atoms with E-state index in [-0.39, 0.29) is 12.3 Å². The third kappa shape index (κ3) is 1.52. The monoisotopic (exact) mass is 249 g/mol. The van der Waals surface area contributed by atoms with Gasteiger partial charge in [0.25, 0.3) is 0 Å². The summed E-state index contributed by atoms with van der Waals surface area (Å²) in [6.45, 7) is 1.06. The molecule has 2 rings (SSSR count). The third-order valence-electron chi connectivity index (χ3n) is 3.98. The Balaban J connectivity index is 2.45. The summed E-state index contributed by atoms with van der Waals surface area (Å²) >= 11 is 0. The highest BCUT2D eigenvalue weighted by atomic mass is 31.2. The molecule has 1 saturated heterocycles. The van der Waals surface area contributed by atoms with Crippen LogP contribution in [-0.4, -0.2) is 39.1 Å². The van der Waals surface area contributed by atoms with Gasteiger partial charge >= 0.3 is 13.6 Å². The smallest absolute Gasteiger partial charge is 0.343 e. The van der Waals surface area contributed by atoms with Gasteiger partial charge in [0.15, 0.2) is 5.16 Å². The minimum atomic E-state index is -4.64. The minimum absolute atomic E-state index is 0.0788. The average molecular weight is 249 g/mol. The summed E-state index contributed by atoms with van der Waals surface area (Å²) in [7, 11) is -4.64. The number of rotatable bonds is 2. The normalized spacial score (nSPS) is 39.4. The predicted octanol–water partition coefficient (Wildman–Crippen LogP) is 0.00700. The van der Waals surface area contributed by atoms with Crippen LogP contribution in [0.5, 0.6) is 0 Å². The summed E-state index contributed by atoms with van der Waals surface area (Å²) in [6, 6.07) is 0. The molecule has 2 fully saturated rings. The van der Waals surface area contributed by atoms with E-state index in [1.165, 1.54) is 0 Å². The van der Waals surface area contributed by atoms with Crippen molar-refractivity contribution in [3.05, 3.63) is 0 Å². The molecule has 1 aliphatic carbocycles. The second-order valence-corrected chi connectivity index (χ2v) is 6.58. The Hall–Kier alpha value is -0.420. The summed E-state index contributed by atoms with van der Waals surface area (Å²) in [4.78, 5) is 30.2. The zero-order valence-corrected chi connectivity index (χ0v) is 9.69. The van der Waals surface area contributed by atoms with Gasteiger partial charge in [-0.15, -0.1) is 0 Å². The van der Waals surface area contributed by atoms with Crippen LogP contribution in [0, 0.1) is 11.8 Å². The van der Waals surface area contributed by atoms with Crippen LogP contribution in [0.2, 0.25) is 0 Å². The van der Waals surface area contributed by atoms with Crippen molar-refractivity contribution in [1.29, 1.82) is 0 Å². The number of carboxylic acids is 1. The van der Waals surface area contributed by atoms with Crippen molar-refractivity contribution in [3.8, 4) is 0 Å². The van der Waals surface area contributed by atoms with Crippen LogP contribution in [-0.2, 0) is 9.36 Å². The van der Waals surface area contributed by atoms with Crippen molar-refractivity contribution < 1.29 is 24.3 Å². The molecular formula is C9H16NO5P. The van der Waals surface area contributed by atoms with Crippen LogP contribution in [0.4, 0.5) is 0 Å². The van der Waals surface area contributed by atoms with Crippen LogP contribution < -0.4 is 5.32 Å². The molecule has 7 heteroatoms. The first-order valence-corrected chi connectivity index (χ1v) is 7.00. The predicted molar refractivity (Wildman–Crippen MR) is 56.1 cm³/mol. The van der Waals surface area contributed by atoms with Crippen molar-refractivity contribution in [2.75, 3.05) is 13.1 Å². The molecule has 0 aromatic carbocycles. The van der Waals surface area contributed by atoms with Gasteiger partial charge in [0, 0.05) is 12.5 Å². The van der Waals surface area contributed by atoms with Crippen molar-refractivity contribution in [1.82, 2.24) is 5.32 Å². The average Bonchev–Trinajstić information content (AvgIpc) is 2.62. The Labute approximate surface area is 93.2 Å². The first-order chi connectivity index (χ1) is 7.39. The Kier molecular flexibility index (Phi) is 2.87. The molecule has 0 spiro atoms. The zero-order valence-electron chi connectivity index (χ0n) is 8.80. The lowest BCUT2D eigenvalue weighted by molar-refractivity contribution is -0.144. The molecule has 1 aliphatic heterocycles. The topological polar surface area (TPSA) is 107 Å². The SMILES string of the molecule is O=C(O)C1(P(=O)(O)O)CCCC2CNCC21. The van der Waals surface area contributed by atoms with E-state index in [2.05, 4.69) is 5.32 Å². The molecule has 1 heterocycles. The van der Waals surface area contributed by atoms with E-state index in [4.69, 9.17) is 0 Å². The highest BCUT2D eigenvalue weighted by molar-refractivity contribution is 7.54. The van der Waals surface area contributed by atoms with Gasteiger partial charge in [0.05, 0.1) is 0 Å². The lowest BCUT2D eigenvalue weighted by Gasteiger charge is -2.41. The lowest BCUT2D eigenvalue weighted by Crippen LogP contribution is -2.51. The maximum absolute atomic E-state index is 11.6. The van der Waals surface area contributed by atoms with Gasteiger partial charge < -0.3 is 20.2 Å². The molecule has 6 nitrogen and oxygen atoms in total. The van der Waals surface area contributed by atoms with Gasteiger partial charge in [-0.1, -0.05) is 6.42 Å². The van der Waals surface area contributed by atoms with E-state index in [1.807, 2.05) is 0 Å². The Morgan fingerprint density at radius 2 is 2.06 bits per heavy atom. The number of aliphatic carboxylic acids is 1. The fraction of sp³-hybridized carbons (Fsp3) is 0.889. The first kappa shape index (κ1) is 12.0. The lowest BCUT2D eigenvalue weighted by atomic mass is 9.73. The van der Waals surface area contributed by atoms with E-state index >= 15 is 0 Å². The summed E-state index contributed by atoms with van der Waals surface area (Å²) in [6.07, 6.45) is 1.50. The summed E-state index contributed by atoms with van der Waals surface area (Å²) in [5, 5.41) is 10.4. The first-order valence-electron chi connectivity index (χ1n) is 5.39. The van der Waals surface area contributed by atoms with Gasteiger partial charge in [-0.3, -0.25) is 9.36 Å². The highest BCUT2D eigenvalue weighted by Crippen LogP contribution is 2.61. The van der Waals surface area contributed by atoms with E-state index in [0.29, 0.717) is 19.5 Å². The van der Waals surface area contributed by atoms with E-state index in [9.17, 15) is 24.3 Å². The Morgan fingerprint density at radius 3 is 2.62 bits per heavy atom. The highest BCUT2D eigenvalue weighted by Gasteiger charge is 2.62. The van der Waals surface area contributed by atoms with E-state index in [1.54, 1.807) is 0 Å². The Morgan fingerprint density at radius 1 is 1.38 bits per heavy atom. The van der Waals surface area contributed by atoms with Gasteiger partial charge in [0.2, 0.25) is 0 Å². The molecule has 1 saturated carbocycles. The van der Waals surface area contributed by atoms with Crippen molar-refractivity contribution in [2.24, 2.45) is 11.8 Å². The molecular weight excluding hydrogens is 233 g/mol. The standard InChI is InChI=1S/C9H16NO5P/c11-8(12)9(16(13,14)15)3-1-2-6-4-10-5-7(6)9/h6-7,10H,1-5H2,(H,11,12)(H2,13,14,15). The zero-order chi connectivity index (χ0) is 12.0. The summed E-state index contributed by atoms with van der Waals surface area (Å²) in [5.74, 6) is -1.71. The maximum atomic E-state index is 11.6. The quantitative estimate of drug-likeness (QED) is 0.513. The molecule has 16 heavy (non-hydrogen) atoms. The van der Waals surface area contributed by atoms with Gasteiger partial charge in [-0.05, 0) is 25.3 Å². The molecule has 2 aliphatic rings. The summed E-state index contributed by atoms with van der Waals surface area (Å²) in [5.41, 5.74) is 0. The van der Waals surface area contributed by atoms with E-state index < -0.39 is 24.6 Å². The van der Waals surface area contributed by atoms with E-state index in [0.717, 1.165) is 6.42 Å². The molecule has 3 unspecified atom stereocenters. The second-order valence-electron chi connectivity index (χ2n) is 4.69. The number of carbonyl (C=O) groups is 1. The molecule has 92 valence electrons.